The second kappa shape index (κ2) is 9.41. The minimum atomic E-state index is -1.10. The van der Waals surface area contributed by atoms with E-state index in [1.54, 1.807) is 13.8 Å². The van der Waals surface area contributed by atoms with Crippen LogP contribution in [-0.2, 0) is 16.0 Å². The highest BCUT2D eigenvalue weighted by molar-refractivity contribution is 6.06. The molecule has 2 atom stereocenters. The van der Waals surface area contributed by atoms with Gasteiger partial charge in [-0.05, 0) is 43.9 Å². The number of carboxylic acids is 1. The minimum Gasteiger partial charge on any atom is -0.480 e. The smallest absolute Gasteiger partial charge is 0.340 e. The van der Waals surface area contributed by atoms with Gasteiger partial charge >= 0.3 is 11.6 Å². The number of carbonyl (C=O) groups is 2. The monoisotopic (exact) mass is 475 g/mol. The number of rotatable bonds is 7. The molecule has 0 aliphatic rings. The number of amides is 1. The van der Waals surface area contributed by atoms with Crippen molar-refractivity contribution in [2.45, 2.75) is 53.5 Å². The van der Waals surface area contributed by atoms with Crippen molar-refractivity contribution in [2.24, 2.45) is 5.92 Å². The summed E-state index contributed by atoms with van der Waals surface area (Å²) >= 11 is 0. The Kier molecular flexibility index (Phi) is 6.52. The van der Waals surface area contributed by atoms with E-state index in [-0.39, 0.29) is 17.9 Å². The fraction of sp³-hybridized carbons (Fsp3) is 0.321. The lowest BCUT2D eigenvalue weighted by atomic mass is 9.96. The Morgan fingerprint density at radius 1 is 1.00 bits per heavy atom. The normalized spacial score (nSPS) is 13.2. The molecule has 7 heteroatoms. The van der Waals surface area contributed by atoms with Gasteiger partial charge in [-0.15, -0.1) is 0 Å². The number of furan rings is 1. The van der Waals surface area contributed by atoms with E-state index < -0.39 is 23.5 Å². The lowest BCUT2D eigenvalue weighted by Crippen LogP contribution is -2.45. The summed E-state index contributed by atoms with van der Waals surface area (Å²) in [6, 6.07) is 10.8. The molecule has 2 N–H and O–H groups in total. The van der Waals surface area contributed by atoms with Gasteiger partial charge in [-0.1, -0.05) is 50.6 Å². The third-order valence-electron chi connectivity index (χ3n) is 6.83. The van der Waals surface area contributed by atoms with Gasteiger partial charge in [-0.25, -0.2) is 9.59 Å². The van der Waals surface area contributed by atoms with Crippen molar-refractivity contribution in [2.75, 3.05) is 0 Å². The lowest BCUT2D eigenvalue weighted by Gasteiger charge is -2.20. The van der Waals surface area contributed by atoms with Crippen LogP contribution in [0, 0.1) is 26.7 Å². The van der Waals surface area contributed by atoms with Gasteiger partial charge in [-0.2, -0.15) is 0 Å². The molecule has 0 spiro atoms. The second-order valence-corrected chi connectivity index (χ2v) is 9.09. The Bertz CT molecular complexity index is 1500. The third kappa shape index (κ3) is 4.34. The molecular formula is C28H29NO6. The number of benzene rings is 2. The topological polar surface area (TPSA) is 110 Å². The molecule has 1 amide bonds. The molecule has 0 saturated heterocycles. The summed E-state index contributed by atoms with van der Waals surface area (Å²) in [5.41, 5.74) is 3.99. The van der Waals surface area contributed by atoms with Crippen molar-refractivity contribution in [3.8, 4) is 11.1 Å². The molecule has 7 nitrogen and oxygen atoms in total. The quantitative estimate of drug-likeness (QED) is 0.352. The fourth-order valence-electron chi connectivity index (χ4n) is 4.61. The van der Waals surface area contributed by atoms with Gasteiger partial charge in [0.2, 0.25) is 5.91 Å². The van der Waals surface area contributed by atoms with Crippen LogP contribution < -0.4 is 10.9 Å². The summed E-state index contributed by atoms with van der Waals surface area (Å²) in [4.78, 5) is 37.2. The molecule has 0 saturated carbocycles. The molecule has 0 unspecified atom stereocenters. The largest absolute Gasteiger partial charge is 0.480 e. The number of aryl methyl sites for hydroxylation is 3. The average molecular weight is 476 g/mol. The average Bonchev–Trinajstić information content (AvgIpc) is 3.17. The van der Waals surface area contributed by atoms with Gasteiger partial charge in [0.1, 0.15) is 23.0 Å². The highest BCUT2D eigenvalue weighted by atomic mass is 16.4. The summed E-state index contributed by atoms with van der Waals surface area (Å²) in [5.74, 6) is -1.12. The molecule has 4 rings (SSSR count). The maximum atomic E-state index is 12.9. The Balaban J connectivity index is 1.82. The SMILES string of the molecule is CC[C@@H](C)[C@@H](NC(=O)Cc1c(C)c2cc3c(-c4ccccc4)c(C)oc3c(C)c2oc1=O)C(=O)O. The van der Waals surface area contributed by atoms with Crippen molar-refractivity contribution < 1.29 is 23.5 Å². The first kappa shape index (κ1) is 24.3. The van der Waals surface area contributed by atoms with Crippen molar-refractivity contribution in [3.63, 3.8) is 0 Å². The predicted molar refractivity (Wildman–Crippen MR) is 135 cm³/mol. The zero-order valence-electron chi connectivity index (χ0n) is 20.5. The van der Waals surface area contributed by atoms with Gasteiger partial charge < -0.3 is 19.3 Å². The van der Waals surface area contributed by atoms with E-state index >= 15 is 0 Å². The molecule has 0 bridgehead atoms. The number of hydrogen-bond acceptors (Lipinski definition) is 5. The maximum absolute atomic E-state index is 12.9. The number of aliphatic carboxylic acids is 1. The van der Waals surface area contributed by atoms with Crippen LogP contribution in [0.2, 0.25) is 0 Å². The molecule has 0 fully saturated rings. The molecule has 35 heavy (non-hydrogen) atoms. The Hall–Kier alpha value is -3.87. The van der Waals surface area contributed by atoms with Crippen LogP contribution in [0.1, 0.15) is 42.7 Å². The number of nitrogens with one attached hydrogen (secondary N) is 1. The first-order chi connectivity index (χ1) is 16.6. The zero-order chi connectivity index (χ0) is 25.4. The van der Waals surface area contributed by atoms with E-state index in [1.165, 1.54) is 0 Å². The Morgan fingerprint density at radius 2 is 1.66 bits per heavy atom. The number of carboxylic acid groups (broad SMARTS) is 1. The summed E-state index contributed by atoms with van der Waals surface area (Å²) in [6.07, 6.45) is 0.328. The standard InChI is InChI=1S/C28H29NO6/c1-6-14(2)24(27(31)32)29-22(30)13-20-15(3)19-12-21-23(18-10-8-7-9-11-18)17(5)34-26(21)16(4)25(19)35-28(20)33/h7-12,14,24H,6,13H2,1-5H3,(H,29,30)(H,31,32)/t14-,24-/m1/s1. The molecule has 0 radical (unpaired) electrons. The second-order valence-electron chi connectivity index (χ2n) is 9.09. The van der Waals surface area contributed by atoms with E-state index in [9.17, 15) is 19.5 Å². The van der Waals surface area contributed by atoms with Crippen LogP contribution in [0.5, 0.6) is 0 Å². The Morgan fingerprint density at radius 3 is 2.29 bits per heavy atom. The minimum absolute atomic E-state index is 0.212. The summed E-state index contributed by atoms with van der Waals surface area (Å²) < 4.78 is 11.8. The van der Waals surface area contributed by atoms with E-state index in [4.69, 9.17) is 8.83 Å². The number of fused-ring (bicyclic) bond motifs is 2. The molecule has 0 aliphatic heterocycles. The van der Waals surface area contributed by atoms with Crippen LogP contribution in [0.25, 0.3) is 33.1 Å². The Labute approximate surface area is 202 Å². The predicted octanol–water partition coefficient (Wildman–Crippen LogP) is 5.29. The maximum Gasteiger partial charge on any atom is 0.340 e. The van der Waals surface area contributed by atoms with Crippen LogP contribution in [0.15, 0.2) is 50.0 Å². The molecular weight excluding hydrogens is 446 g/mol. The summed E-state index contributed by atoms with van der Waals surface area (Å²) in [7, 11) is 0. The van der Waals surface area contributed by atoms with Crippen LogP contribution >= 0.6 is 0 Å². The van der Waals surface area contributed by atoms with Gasteiger partial charge in [-0.3, -0.25) is 4.79 Å². The zero-order valence-corrected chi connectivity index (χ0v) is 20.5. The lowest BCUT2D eigenvalue weighted by molar-refractivity contribution is -0.143. The molecule has 2 aromatic carbocycles. The van der Waals surface area contributed by atoms with Crippen LogP contribution in [-0.4, -0.2) is 23.0 Å². The summed E-state index contributed by atoms with van der Waals surface area (Å²) in [6.45, 7) is 9.16. The van der Waals surface area contributed by atoms with Crippen molar-refractivity contribution in [3.05, 3.63) is 69.3 Å². The van der Waals surface area contributed by atoms with Crippen LogP contribution in [0.3, 0.4) is 0 Å². The van der Waals surface area contributed by atoms with Gasteiger partial charge in [0.15, 0.2) is 0 Å². The van der Waals surface area contributed by atoms with Crippen molar-refractivity contribution in [1.29, 1.82) is 0 Å². The summed E-state index contributed by atoms with van der Waals surface area (Å²) in [5, 5.41) is 13.7. The molecule has 2 heterocycles. The third-order valence-corrected chi connectivity index (χ3v) is 6.83. The fourth-order valence-corrected chi connectivity index (χ4v) is 4.61. The van der Waals surface area contributed by atoms with E-state index in [0.29, 0.717) is 34.1 Å². The van der Waals surface area contributed by atoms with Gasteiger partial charge in [0.25, 0.3) is 0 Å². The highest BCUT2D eigenvalue weighted by Crippen LogP contribution is 2.39. The number of hydrogen-bond donors (Lipinski definition) is 2. The molecule has 0 aliphatic carbocycles. The van der Waals surface area contributed by atoms with Gasteiger partial charge in [0, 0.05) is 21.9 Å². The first-order valence-corrected chi connectivity index (χ1v) is 11.7. The van der Waals surface area contributed by atoms with Gasteiger partial charge in [0.05, 0.1) is 12.0 Å². The van der Waals surface area contributed by atoms with E-state index in [1.807, 2.05) is 57.2 Å². The molecule has 182 valence electrons. The van der Waals surface area contributed by atoms with E-state index in [0.717, 1.165) is 22.3 Å². The number of carbonyl (C=O) groups excluding carboxylic acids is 1. The van der Waals surface area contributed by atoms with Crippen molar-refractivity contribution >= 4 is 33.8 Å². The van der Waals surface area contributed by atoms with E-state index in [2.05, 4.69) is 5.32 Å². The highest BCUT2D eigenvalue weighted by Gasteiger charge is 2.27. The van der Waals surface area contributed by atoms with Crippen LogP contribution in [0.4, 0.5) is 0 Å². The molecule has 2 aromatic heterocycles. The molecule has 4 aromatic rings. The van der Waals surface area contributed by atoms with Crippen molar-refractivity contribution in [1.82, 2.24) is 5.32 Å². The first-order valence-electron chi connectivity index (χ1n) is 11.7.